The molecule has 0 aliphatic carbocycles. The third kappa shape index (κ3) is 2.89. The van der Waals surface area contributed by atoms with Gasteiger partial charge in [-0.2, -0.15) is 0 Å². The number of furan rings is 1. The lowest BCUT2D eigenvalue weighted by atomic mass is 10.1. The SMILES string of the molecule is Cc1c(C)n(Cc2ccco2)c2ncn3nc(CCN4C(=O)c5ccccc5C4=O)nc3c12. The molecule has 9 nitrogen and oxygen atoms in total. The first-order valence-corrected chi connectivity index (χ1v) is 10.7. The highest BCUT2D eigenvalue weighted by Gasteiger charge is 2.34. The van der Waals surface area contributed by atoms with Gasteiger partial charge in [0.15, 0.2) is 11.5 Å². The van der Waals surface area contributed by atoms with Crippen LogP contribution in [-0.4, -0.2) is 47.4 Å². The van der Waals surface area contributed by atoms with E-state index in [1.165, 1.54) is 4.90 Å². The van der Waals surface area contributed by atoms with Crippen molar-refractivity contribution >= 4 is 28.5 Å². The zero-order valence-electron chi connectivity index (χ0n) is 18.1. The van der Waals surface area contributed by atoms with Crippen molar-refractivity contribution in [3.05, 3.63) is 83.0 Å². The Balaban J connectivity index is 1.32. The van der Waals surface area contributed by atoms with Gasteiger partial charge in [-0.25, -0.2) is 14.5 Å². The quantitative estimate of drug-likeness (QED) is 0.389. The number of hydrogen-bond acceptors (Lipinski definition) is 6. The number of nitrogens with zero attached hydrogens (tertiary/aromatic N) is 6. The van der Waals surface area contributed by atoms with Gasteiger partial charge in [-0.3, -0.25) is 14.5 Å². The van der Waals surface area contributed by atoms with Gasteiger partial charge < -0.3 is 8.98 Å². The van der Waals surface area contributed by atoms with Gasteiger partial charge in [-0.1, -0.05) is 12.1 Å². The van der Waals surface area contributed by atoms with Crippen LogP contribution in [0.1, 0.15) is 43.6 Å². The van der Waals surface area contributed by atoms with Crippen molar-refractivity contribution in [1.29, 1.82) is 0 Å². The number of carbonyl (C=O) groups is 2. The molecule has 0 atom stereocenters. The summed E-state index contributed by atoms with van der Waals surface area (Å²) in [5, 5.41) is 5.48. The maximum absolute atomic E-state index is 12.6. The number of aryl methyl sites for hydroxylation is 1. The largest absolute Gasteiger partial charge is 0.467 e. The molecule has 164 valence electrons. The normalized spacial score (nSPS) is 13.6. The summed E-state index contributed by atoms with van der Waals surface area (Å²) in [6.45, 7) is 4.89. The molecule has 5 heterocycles. The minimum Gasteiger partial charge on any atom is -0.467 e. The average Bonchev–Trinajstić information content (AvgIpc) is 3.58. The van der Waals surface area contributed by atoms with Crippen LogP contribution >= 0.6 is 0 Å². The highest BCUT2D eigenvalue weighted by molar-refractivity contribution is 6.21. The summed E-state index contributed by atoms with van der Waals surface area (Å²) in [6.07, 6.45) is 3.67. The van der Waals surface area contributed by atoms with Gasteiger partial charge >= 0.3 is 0 Å². The Kier molecular flexibility index (Phi) is 4.19. The van der Waals surface area contributed by atoms with E-state index in [0.717, 1.165) is 28.1 Å². The molecule has 1 aliphatic heterocycles. The average molecular weight is 440 g/mol. The van der Waals surface area contributed by atoms with Crippen molar-refractivity contribution < 1.29 is 14.0 Å². The zero-order valence-corrected chi connectivity index (χ0v) is 18.1. The Morgan fingerprint density at radius 1 is 0.970 bits per heavy atom. The van der Waals surface area contributed by atoms with Gasteiger partial charge in [0, 0.05) is 18.7 Å². The number of fused-ring (bicyclic) bond motifs is 4. The van der Waals surface area contributed by atoms with Crippen LogP contribution < -0.4 is 0 Å². The van der Waals surface area contributed by atoms with Gasteiger partial charge in [-0.05, 0) is 43.7 Å². The van der Waals surface area contributed by atoms with Gasteiger partial charge in [-0.15, -0.1) is 5.10 Å². The number of hydrogen-bond donors (Lipinski definition) is 0. The standard InChI is InChI=1S/C24H20N6O3/c1-14-15(2)29(12-16-6-5-11-33-16)21-20(14)22-26-19(27-30(22)13-25-21)9-10-28-23(31)17-7-3-4-8-18(17)24(28)32/h3-8,11,13H,9-10,12H2,1-2H3. The summed E-state index contributed by atoms with van der Waals surface area (Å²) in [6, 6.07) is 10.7. The molecule has 0 radical (unpaired) electrons. The maximum Gasteiger partial charge on any atom is 0.261 e. The van der Waals surface area contributed by atoms with Crippen molar-refractivity contribution in [3.63, 3.8) is 0 Å². The fourth-order valence-electron chi connectivity index (χ4n) is 4.49. The van der Waals surface area contributed by atoms with Crippen molar-refractivity contribution in [3.8, 4) is 0 Å². The lowest BCUT2D eigenvalue weighted by Gasteiger charge is -2.11. The molecule has 6 rings (SSSR count). The monoisotopic (exact) mass is 440 g/mol. The molecule has 1 aliphatic rings. The van der Waals surface area contributed by atoms with E-state index >= 15 is 0 Å². The van der Waals surface area contributed by atoms with Crippen LogP contribution in [0.4, 0.5) is 0 Å². The van der Waals surface area contributed by atoms with Crippen molar-refractivity contribution in [2.45, 2.75) is 26.8 Å². The minimum absolute atomic E-state index is 0.220. The molecule has 0 N–H and O–H groups in total. The summed E-state index contributed by atoms with van der Waals surface area (Å²) < 4.78 is 9.29. The molecular weight excluding hydrogens is 420 g/mol. The van der Waals surface area contributed by atoms with Crippen LogP contribution in [0, 0.1) is 13.8 Å². The van der Waals surface area contributed by atoms with Crippen LogP contribution in [-0.2, 0) is 13.0 Å². The Bertz CT molecular complexity index is 1530. The highest BCUT2D eigenvalue weighted by atomic mass is 16.3. The lowest BCUT2D eigenvalue weighted by molar-refractivity contribution is 0.0655. The topological polar surface area (TPSA) is 98.5 Å². The summed E-state index contributed by atoms with van der Waals surface area (Å²) >= 11 is 0. The van der Waals surface area contributed by atoms with Gasteiger partial charge in [0.2, 0.25) is 0 Å². The smallest absolute Gasteiger partial charge is 0.261 e. The predicted molar refractivity (Wildman–Crippen MR) is 119 cm³/mol. The predicted octanol–water partition coefficient (Wildman–Crippen LogP) is 3.18. The lowest BCUT2D eigenvalue weighted by Crippen LogP contribution is -2.31. The second kappa shape index (κ2) is 7.13. The van der Waals surface area contributed by atoms with Crippen LogP contribution in [0.3, 0.4) is 0 Å². The van der Waals surface area contributed by atoms with E-state index in [1.54, 1.807) is 41.4 Å². The Labute approximate surface area is 188 Å². The van der Waals surface area contributed by atoms with E-state index in [2.05, 4.69) is 21.6 Å². The van der Waals surface area contributed by atoms with E-state index in [-0.39, 0.29) is 18.4 Å². The molecule has 0 saturated heterocycles. The van der Waals surface area contributed by atoms with Crippen LogP contribution in [0.25, 0.3) is 16.7 Å². The molecule has 2 amide bonds. The van der Waals surface area contributed by atoms with E-state index < -0.39 is 0 Å². The Hall–Kier alpha value is -4.27. The van der Waals surface area contributed by atoms with Gasteiger partial charge in [0.25, 0.3) is 11.8 Å². The molecule has 0 saturated carbocycles. The van der Waals surface area contributed by atoms with Crippen molar-refractivity contribution in [2.24, 2.45) is 0 Å². The molecule has 5 aromatic rings. The van der Waals surface area contributed by atoms with Crippen molar-refractivity contribution in [2.75, 3.05) is 6.54 Å². The van der Waals surface area contributed by atoms with E-state index in [1.807, 2.05) is 19.1 Å². The molecule has 0 spiro atoms. The maximum atomic E-state index is 12.6. The number of rotatable bonds is 5. The van der Waals surface area contributed by atoms with Crippen LogP contribution in [0.5, 0.6) is 0 Å². The second-order valence-electron chi connectivity index (χ2n) is 8.17. The Morgan fingerprint density at radius 3 is 2.42 bits per heavy atom. The van der Waals surface area contributed by atoms with Gasteiger partial charge in [0.05, 0.1) is 29.3 Å². The molecule has 0 unspecified atom stereocenters. The van der Waals surface area contributed by atoms with E-state index in [9.17, 15) is 9.59 Å². The molecule has 33 heavy (non-hydrogen) atoms. The molecule has 4 aromatic heterocycles. The summed E-state index contributed by atoms with van der Waals surface area (Å²) in [7, 11) is 0. The molecule has 0 fully saturated rings. The highest BCUT2D eigenvalue weighted by Crippen LogP contribution is 2.28. The number of aromatic nitrogens is 5. The number of amides is 2. The third-order valence-electron chi connectivity index (χ3n) is 6.32. The first kappa shape index (κ1) is 19.4. The summed E-state index contributed by atoms with van der Waals surface area (Å²) in [4.78, 5) is 35.9. The third-order valence-corrected chi connectivity index (χ3v) is 6.32. The number of carbonyl (C=O) groups excluding carboxylic acids is 2. The van der Waals surface area contributed by atoms with Crippen LogP contribution in [0.15, 0.2) is 53.4 Å². The van der Waals surface area contributed by atoms with Crippen molar-refractivity contribution in [1.82, 2.24) is 29.0 Å². The van der Waals surface area contributed by atoms with E-state index in [4.69, 9.17) is 9.40 Å². The fraction of sp³-hybridized carbons (Fsp3) is 0.208. The molecular formula is C24H20N6O3. The second-order valence-corrected chi connectivity index (χ2v) is 8.17. The van der Waals surface area contributed by atoms with Crippen LogP contribution in [0.2, 0.25) is 0 Å². The first-order valence-electron chi connectivity index (χ1n) is 10.7. The summed E-state index contributed by atoms with van der Waals surface area (Å²) in [5.74, 6) is 0.853. The molecule has 0 bridgehead atoms. The Morgan fingerprint density at radius 2 is 1.73 bits per heavy atom. The first-order chi connectivity index (χ1) is 16.0. The minimum atomic E-state index is -0.273. The molecule has 9 heteroatoms. The number of benzene rings is 1. The van der Waals surface area contributed by atoms with Gasteiger partial charge in [0.1, 0.15) is 17.7 Å². The van der Waals surface area contributed by atoms with E-state index in [0.29, 0.717) is 35.6 Å². The number of imide groups is 1. The fourth-order valence-corrected chi connectivity index (χ4v) is 4.49. The molecule has 1 aromatic carbocycles. The summed E-state index contributed by atoms with van der Waals surface area (Å²) in [5.41, 5.74) is 4.57. The zero-order chi connectivity index (χ0) is 22.7.